The van der Waals surface area contributed by atoms with Crippen LogP contribution in [0.2, 0.25) is 5.02 Å². The smallest absolute Gasteiger partial charge is 0.260 e. The van der Waals surface area contributed by atoms with Crippen LogP contribution < -0.4 is 14.4 Å². The molecule has 0 fully saturated rings. The Kier molecular flexibility index (Phi) is 8.12. The standard InChI is InChI=1S/C23H28ClN3O3S/c1-5-6-14-30-17-9-7-8-16(15-17)22(28)27(13-12-26(2)3)23-25-20-19(29-4)11-10-18(24)21(20)31-23/h7-11,15H,5-6,12-14H2,1-4H3. The van der Waals surface area contributed by atoms with Crippen molar-refractivity contribution in [3.05, 3.63) is 47.0 Å². The largest absolute Gasteiger partial charge is 0.494 e. The number of hydrogen-bond donors (Lipinski definition) is 0. The number of methoxy groups -OCH3 is 1. The number of rotatable bonds is 10. The Labute approximate surface area is 192 Å². The predicted octanol–water partition coefficient (Wildman–Crippen LogP) is 5.35. The molecule has 0 aliphatic rings. The molecule has 0 aliphatic heterocycles. The van der Waals surface area contributed by atoms with Crippen LogP contribution in [0.3, 0.4) is 0 Å². The molecule has 2 aromatic carbocycles. The number of halogens is 1. The van der Waals surface area contributed by atoms with Crippen LogP contribution in [-0.4, -0.2) is 56.7 Å². The van der Waals surface area contributed by atoms with Crippen LogP contribution in [0.5, 0.6) is 11.5 Å². The van der Waals surface area contributed by atoms with E-state index in [1.165, 1.54) is 11.3 Å². The van der Waals surface area contributed by atoms with Gasteiger partial charge in [-0.25, -0.2) is 4.98 Å². The van der Waals surface area contributed by atoms with E-state index in [4.69, 9.17) is 26.1 Å². The number of hydrogen-bond acceptors (Lipinski definition) is 6. The monoisotopic (exact) mass is 461 g/mol. The van der Waals surface area contributed by atoms with Crippen molar-refractivity contribution < 1.29 is 14.3 Å². The molecule has 0 unspecified atom stereocenters. The lowest BCUT2D eigenvalue weighted by Gasteiger charge is -2.22. The van der Waals surface area contributed by atoms with Gasteiger partial charge >= 0.3 is 0 Å². The fourth-order valence-corrected chi connectivity index (χ4v) is 4.30. The molecule has 0 aliphatic carbocycles. The lowest BCUT2D eigenvalue weighted by Crippen LogP contribution is -2.36. The summed E-state index contributed by atoms with van der Waals surface area (Å²) in [5.41, 5.74) is 1.22. The second kappa shape index (κ2) is 10.8. The van der Waals surface area contributed by atoms with Gasteiger partial charge in [0.25, 0.3) is 5.91 Å². The Hall–Kier alpha value is -2.35. The Morgan fingerprint density at radius 2 is 2.00 bits per heavy atom. The highest BCUT2D eigenvalue weighted by molar-refractivity contribution is 7.23. The molecule has 0 spiro atoms. The highest BCUT2D eigenvalue weighted by Crippen LogP contribution is 2.39. The molecular weight excluding hydrogens is 434 g/mol. The van der Waals surface area contributed by atoms with Gasteiger partial charge in [0.15, 0.2) is 5.13 Å². The van der Waals surface area contributed by atoms with Crippen molar-refractivity contribution >= 4 is 44.2 Å². The normalized spacial score (nSPS) is 11.2. The van der Waals surface area contributed by atoms with E-state index in [0.717, 1.165) is 17.5 Å². The molecular formula is C23H28ClN3O3S. The Balaban J connectivity index is 1.96. The summed E-state index contributed by atoms with van der Waals surface area (Å²) in [4.78, 5) is 22.0. The number of carbonyl (C=O) groups is 1. The first-order valence-corrected chi connectivity index (χ1v) is 11.5. The maximum atomic E-state index is 13.5. The highest BCUT2D eigenvalue weighted by atomic mass is 35.5. The summed E-state index contributed by atoms with van der Waals surface area (Å²) in [6.07, 6.45) is 2.03. The van der Waals surface area contributed by atoms with E-state index in [2.05, 4.69) is 6.92 Å². The second-order valence-corrected chi connectivity index (χ2v) is 8.80. The van der Waals surface area contributed by atoms with Gasteiger partial charge in [-0.2, -0.15) is 0 Å². The van der Waals surface area contributed by atoms with E-state index in [-0.39, 0.29) is 5.91 Å². The zero-order valence-corrected chi connectivity index (χ0v) is 19.9. The van der Waals surface area contributed by atoms with E-state index in [9.17, 15) is 4.79 Å². The van der Waals surface area contributed by atoms with E-state index >= 15 is 0 Å². The molecule has 166 valence electrons. The summed E-state index contributed by atoms with van der Waals surface area (Å²) in [5.74, 6) is 1.20. The van der Waals surface area contributed by atoms with Crippen molar-refractivity contribution in [2.75, 3.05) is 45.8 Å². The molecule has 0 saturated heterocycles. The van der Waals surface area contributed by atoms with Crippen LogP contribution in [0.25, 0.3) is 10.2 Å². The molecule has 6 nitrogen and oxygen atoms in total. The fourth-order valence-electron chi connectivity index (χ4n) is 3.01. The molecule has 31 heavy (non-hydrogen) atoms. The van der Waals surface area contributed by atoms with Crippen molar-refractivity contribution in [2.24, 2.45) is 0 Å². The fraction of sp³-hybridized carbons (Fsp3) is 0.391. The summed E-state index contributed by atoms with van der Waals surface area (Å²) < 4.78 is 12.0. The van der Waals surface area contributed by atoms with E-state index in [1.54, 1.807) is 36.3 Å². The average molecular weight is 462 g/mol. The maximum absolute atomic E-state index is 13.5. The third-order valence-electron chi connectivity index (χ3n) is 4.76. The number of aromatic nitrogens is 1. The van der Waals surface area contributed by atoms with E-state index < -0.39 is 0 Å². The number of unbranched alkanes of at least 4 members (excludes halogenated alkanes) is 1. The number of fused-ring (bicyclic) bond motifs is 1. The average Bonchev–Trinajstić information content (AvgIpc) is 3.20. The lowest BCUT2D eigenvalue weighted by molar-refractivity contribution is 0.0984. The summed E-state index contributed by atoms with van der Waals surface area (Å²) >= 11 is 7.79. The van der Waals surface area contributed by atoms with Crippen LogP contribution in [0.15, 0.2) is 36.4 Å². The van der Waals surface area contributed by atoms with Crippen molar-refractivity contribution in [3.63, 3.8) is 0 Å². The van der Waals surface area contributed by atoms with Crippen LogP contribution in [0.4, 0.5) is 5.13 Å². The van der Waals surface area contributed by atoms with Crippen molar-refractivity contribution in [1.82, 2.24) is 9.88 Å². The van der Waals surface area contributed by atoms with Gasteiger partial charge < -0.3 is 14.4 Å². The topological polar surface area (TPSA) is 54.9 Å². The minimum absolute atomic E-state index is 0.128. The zero-order valence-electron chi connectivity index (χ0n) is 18.4. The van der Waals surface area contributed by atoms with Gasteiger partial charge in [-0.15, -0.1) is 0 Å². The number of carbonyl (C=O) groups excluding carboxylic acids is 1. The molecule has 0 radical (unpaired) electrons. The zero-order chi connectivity index (χ0) is 22.4. The molecule has 0 atom stereocenters. The number of thiazole rings is 1. The third-order valence-corrected chi connectivity index (χ3v) is 6.30. The number of benzene rings is 2. The lowest BCUT2D eigenvalue weighted by atomic mass is 10.2. The quantitative estimate of drug-likeness (QED) is 0.381. The van der Waals surface area contributed by atoms with Gasteiger partial charge in [0.05, 0.1) is 23.4 Å². The molecule has 3 rings (SSSR count). The van der Waals surface area contributed by atoms with Crippen LogP contribution in [-0.2, 0) is 0 Å². The Bertz CT molecular complexity index is 1040. The van der Waals surface area contributed by atoms with Crippen molar-refractivity contribution in [2.45, 2.75) is 19.8 Å². The third kappa shape index (κ3) is 5.67. The highest BCUT2D eigenvalue weighted by Gasteiger charge is 2.23. The minimum atomic E-state index is -0.128. The summed E-state index contributed by atoms with van der Waals surface area (Å²) in [6, 6.07) is 10.9. The predicted molar refractivity (Wildman–Crippen MR) is 128 cm³/mol. The Morgan fingerprint density at radius 1 is 1.19 bits per heavy atom. The van der Waals surface area contributed by atoms with Gasteiger partial charge in [0.2, 0.25) is 0 Å². The van der Waals surface area contributed by atoms with Gasteiger partial charge in [-0.3, -0.25) is 9.69 Å². The first kappa shape index (κ1) is 23.3. The van der Waals surface area contributed by atoms with Crippen LogP contribution >= 0.6 is 22.9 Å². The second-order valence-electron chi connectivity index (χ2n) is 7.41. The first-order valence-electron chi connectivity index (χ1n) is 10.3. The number of likely N-dealkylation sites (N-methyl/N-ethyl adjacent to an activating group) is 1. The number of anilines is 1. The van der Waals surface area contributed by atoms with E-state index in [0.29, 0.717) is 52.4 Å². The van der Waals surface area contributed by atoms with Crippen LogP contribution in [0, 0.1) is 0 Å². The molecule has 0 N–H and O–H groups in total. The molecule has 1 heterocycles. The number of ether oxygens (including phenoxy) is 2. The Morgan fingerprint density at radius 3 is 2.71 bits per heavy atom. The molecule has 0 saturated carbocycles. The van der Waals surface area contributed by atoms with Crippen LogP contribution in [0.1, 0.15) is 30.1 Å². The number of nitrogens with zero attached hydrogens (tertiary/aromatic N) is 3. The summed E-state index contributed by atoms with van der Waals surface area (Å²) in [7, 11) is 5.55. The molecule has 3 aromatic rings. The van der Waals surface area contributed by atoms with Gasteiger partial charge in [-0.1, -0.05) is 42.3 Å². The summed E-state index contributed by atoms with van der Waals surface area (Å²) in [5, 5.41) is 1.18. The van der Waals surface area contributed by atoms with Gasteiger partial charge in [0, 0.05) is 18.7 Å². The molecule has 8 heteroatoms. The first-order chi connectivity index (χ1) is 14.9. The molecule has 1 amide bonds. The van der Waals surface area contributed by atoms with Crippen molar-refractivity contribution in [3.8, 4) is 11.5 Å². The van der Waals surface area contributed by atoms with Gasteiger partial charge in [-0.05, 0) is 50.8 Å². The minimum Gasteiger partial charge on any atom is -0.494 e. The molecule has 0 bridgehead atoms. The summed E-state index contributed by atoms with van der Waals surface area (Å²) in [6.45, 7) is 3.94. The maximum Gasteiger partial charge on any atom is 0.260 e. The van der Waals surface area contributed by atoms with Gasteiger partial charge in [0.1, 0.15) is 17.0 Å². The SMILES string of the molecule is CCCCOc1cccc(C(=O)N(CCN(C)C)c2nc3c(OC)ccc(Cl)c3s2)c1. The molecule has 1 aromatic heterocycles. The number of amides is 1. The van der Waals surface area contributed by atoms with E-state index in [1.807, 2.05) is 31.1 Å². The van der Waals surface area contributed by atoms with Crippen molar-refractivity contribution in [1.29, 1.82) is 0 Å².